The number of hydrogen-bond acceptors (Lipinski definition) is 2. The molecule has 0 aromatic carbocycles. The minimum atomic E-state index is -1.46. The Kier molecular flexibility index (Phi) is 5.02. The summed E-state index contributed by atoms with van der Waals surface area (Å²) in [5.74, 6) is 0. The van der Waals surface area contributed by atoms with E-state index in [2.05, 4.69) is 61.9 Å². The largest absolute Gasteiger partial charge is 0.547 e. The molecule has 13 heavy (non-hydrogen) atoms. The fraction of sp³-hybridized carbons (Fsp3) is 0.750. The minimum absolute atomic E-state index is 0.874. The topological polar surface area (TPSA) is 18.5 Å². The summed E-state index contributed by atoms with van der Waals surface area (Å²) >= 11 is 2.18. The predicted molar refractivity (Wildman–Crippen MR) is 71.0 cm³/mol. The first-order valence-corrected chi connectivity index (χ1v) is 12.2. The summed E-state index contributed by atoms with van der Waals surface area (Å²) in [6.07, 6.45) is 1.75. The molecule has 0 spiro atoms. The third kappa shape index (κ3) is 10.4. The first-order valence-electron chi connectivity index (χ1n) is 4.33. The Labute approximate surface area is 97.1 Å². The van der Waals surface area contributed by atoms with Gasteiger partial charge in [0, 0.05) is 22.6 Å². The molecule has 0 N–H and O–H groups in total. The van der Waals surface area contributed by atoms with Crippen LogP contribution < -0.4 is 0 Å². The molecule has 0 saturated carbocycles. The van der Waals surface area contributed by atoms with Crippen LogP contribution in [0, 0.1) is 0 Å². The van der Waals surface area contributed by atoms with E-state index in [9.17, 15) is 0 Å². The number of hydrogen-bond donors (Lipinski definition) is 0. The van der Waals surface area contributed by atoms with E-state index < -0.39 is 16.6 Å². The first kappa shape index (κ1) is 13.5. The van der Waals surface area contributed by atoms with Gasteiger partial charge in [-0.05, 0) is 39.3 Å². The molecule has 0 unspecified atom stereocenters. The Hall–Kier alpha value is 0.504. The van der Waals surface area contributed by atoms with E-state index in [1.807, 2.05) is 0 Å². The van der Waals surface area contributed by atoms with Gasteiger partial charge in [0.25, 0.3) is 0 Å². The normalized spacial score (nSPS) is 14.2. The van der Waals surface area contributed by atoms with Crippen molar-refractivity contribution < 1.29 is 8.85 Å². The number of halogens is 1. The lowest BCUT2D eigenvalue weighted by Gasteiger charge is -2.20. The van der Waals surface area contributed by atoms with Crippen LogP contribution in [0.3, 0.4) is 0 Å². The summed E-state index contributed by atoms with van der Waals surface area (Å²) in [4.78, 5) is 0. The summed E-state index contributed by atoms with van der Waals surface area (Å²) < 4.78 is 12.2. The van der Waals surface area contributed by atoms with Crippen LogP contribution in [0.15, 0.2) is 10.0 Å². The lowest BCUT2D eigenvalue weighted by Crippen LogP contribution is -2.25. The van der Waals surface area contributed by atoms with Crippen LogP contribution >= 0.6 is 22.6 Å². The van der Waals surface area contributed by atoms with Crippen molar-refractivity contribution in [2.45, 2.75) is 39.3 Å². The molecule has 0 fully saturated rings. The molecule has 78 valence electrons. The molecule has 0 radical (unpaired) electrons. The minimum Gasteiger partial charge on any atom is -0.547 e. The average Bonchev–Trinajstić information content (AvgIpc) is 1.78. The third-order valence-corrected chi connectivity index (χ3v) is 3.46. The molecular formula is C8H19IO2Si2. The summed E-state index contributed by atoms with van der Waals surface area (Å²) in [7, 11) is -2.90. The van der Waals surface area contributed by atoms with Gasteiger partial charge in [-0.3, -0.25) is 0 Å². The highest BCUT2D eigenvalue weighted by atomic mass is 127. The van der Waals surface area contributed by atoms with Crippen LogP contribution in [0.2, 0.25) is 39.3 Å². The van der Waals surface area contributed by atoms with Crippen molar-refractivity contribution >= 4 is 39.2 Å². The van der Waals surface area contributed by atoms with E-state index in [0.717, 1.165) is 3.77 Å². The van der Waals surface area contributed by atoms with E-state index in [1.54, 1.807) is 6.26 Å². The molecule has 0 aliphatic rings. The SMILES string of the molecule is C[Si](C)(C)OC=C(I)O[Si](C)(C)C. The molecule has 0 heterocycles. The molecule has 0 aromatic heterocycles. The zero-order chi connectivity index (χ0) is 10.7. The van der Waals surface area contributed by atoms with Gasteiger partial charge < -0.3 is 8.85 Å². The van der Waals surface area contributed by atoms with Gasteiger partial charge in [-0.15, -0.1) is 0 Å². The second kappa shape index (κ2) is 4.83. The van der Waals surface area contributed by atoms with E-state index in [1.165, 1.54) is 0 Å². The lowest BCUT2D eigenvalue weighted by molar-refractivity contribution is 0.413. The molecule has 0 atom stereocenters. The Balaban J connectivity index is 4.05. The van der Waals surface area contributed by atoms with E-state index in [-0.39, 0.29) is 0 Å². The summed E-state index contributed by atoms with van der Waals surface area (Å²) in [6, 6.07) is 0. The molecular weight excluding hydrogens is 311 g/mol. The maximum absolute atomic E-state index is 5.72. The Morgan fingerprint density at radius 3 is 1.77 bits per heavy atom. The Morgan fingerprint density at radius 2 is 1.46 bits per heavy atom. The van der Waals surface area contributed by atoms with Gasteiger partial charge in [0.2, 0.25) is 16.6 Å². The van der Waals surface area contributed by atoms with Crippen molar-refractivity contribution in [1.82, 2.24) is 0 Å². The summed E-state index contributed by atoms with van der Waals surface area (Å²) in [6.45, 7) is 12.9. The first-order chi connectivity index (χ1) is 5.60. The van der Waals surface area contributed by atoms with Crippen molar-refractivity contribution in [3.63, 3.8) is 0 Å². The fourth-order valence-corrected chi connectivity index (χ4v) is 3.98. The Bertz CT molecular complexity index is 191. The van der Waals surface area contributed by atoms with Gasteiger partial charge in [-0.25, -0.2) is 0 Å². The number of rotatable bonds is 4. The van der Waals surface area contributed by atoms with Crippen molar-refractivity contribution in [3.05, 3.63) is 10.0 Å². The quantitative estimate of drug-likeness (QED) is 0.442. The molecule has 0 saturated heterocycles. The summed E-state index contributed by atoms with van der Waals surface area (Å²) in [5.41, 5.74) is 0. The monoisotopic (exact) mass is 330 g/mol. The molecule has 0 aromatic rings. The van der Waals surface area contributed by atoms with Crippen LogP contribution in [0.25, 0.3) is 0 Å². The smallest absolute Gasteiger partial charge is 0.242 e. The van der Waals surface area contributed by atoms with Crippen molar-refractivity contribution in [2.24, 2.45) is 0 Å². The van der Waals surface area contributed by atoms with Gasteiger partial charge >= 0.3 is 0 Å². The second-order valence-electron chi connectivity index (χ2n) is 4.87. The predicted octanol–water partition coefficient (Wildman–Crippen LogP) is 3.92. The van der Waals surface area contributed by atoms with Gasteiger partial charge in [0.1, 0.15) is 6.26 Å². The molecule has 0 amide bonds. The van der Waals surface area contributed by atoms with Gasteiger partial charge in [0.15, 0.2) is 3.77 Å². The molecule has 0 aliphatic carbocycles. The van der Waals surface area contributed by atoms with Crippen LogP contribution in [-0.4, -0.2) is 16.6 Å². The molecule has 0 rings (SSSR count). The van der Waals surface area contributed by atoms with Gasteiger partial charge in [0.05, 0.1) is 0 Å². The van der Waals surface area contributed by atoms with Crippen molar-refractivity contribution in [3.8, 4) is 0 Å². The van der Waals surface area contributed by atoms with Gasteiger partial charge in [-0.1, -0.05) is 0 Å². The maximum atomic E-state index is 5.72. The third-order valence-electron chi connectivity index (χ3n) is 0.909. The fourth-order valence-electron chi connectivity index (χ4n) is 0.540. The zero-order valence-corrected chi connectivity index (χ0v) is 13.4. The van der Waals surface area contributed by atoms with Crippen molar-refractivity contribution in [2.75, 3.05) is 0 Å². The van der Waals surface area contributed by atoms with Crippen LogP contribution in [0.1, 0.15) is 0 Å². The lowest BCUT2D eigenvalue weighted by atomic mass is 11.1. The second-order valence-corrected chi connectivity index (χ2v) is 14.8. The summed E-state index contributed by atoms with van der Waals surface area (Å²) in [5, 5.41) is 0. The zero-order valence-electron chi connectivity index (χ0n) is 9.27. The van der Waals surface area contributed by atoms with Crippen molar-refractivity contribution in [1.29, 1.82) is 0 Å². The molecule has 2 nitrogen and oxygen atoms in total. The van der Waals surface area contributed by atoms with Crippen LogP contribution in [0.4, 0.5) is 0 Å². The highest BCUT2D eigenvalue weighted by Crippen LogP contribution is 2.17. The van der Waals surface area contributed by atoms with E-state index in [4.69, 9.17) is 8.85 Å². The van der Waals surface area contributed by atoms with E-state index >= 15 is 0 Å². The average molecular weight is 330 g/mol. The Morgan fingerprint density at radius 1 is 1.00 bits per heavy atom. The molecule has 0 bridgehead atoms. The molecule has 0 aliphatic heterocycles. The van der Waals surface area contributed by atoms with Crippen LogP contribution in [-0.2, 0) is 8.85 Å². The molecule has 5 heteroatoms. The van der Waals surface area contributed by atoms with Crippen LogP contribution in [0.5, 0.6) is 0 Å². The highest BCUT2D eigenvalue weighted by molar-refractivity contribution is 14.1. The van der Waals surface area contributed by atoms with E-state index in [0.29, 0.717) is 0 Å². The standard InChI is InChI=1S/C8H19IO2Si2/c1-12(2,3)10-7-8(9)11-13(4,5)6/h7H,1-6H3. The highest BCUT2D eigenvalue weighted by Gasteiger charge is 2.18. The maximum Gasteiger partial charge on any atom is 0.242 e. The van der Waals surface area contributed by atoms with Gasteiger partial charge in [-0.2, -0.15) is 0 Å².